The van der Waals surface area contributed by atoms with Gasteiger partial charge in [-0.05, 0) is 36.1 Å². The Morgan fingerprint density at radius 3 is 2.54 bits per heavy atom. The number of hydrogen-bond donors (Lipinski definition) is 0. The summed E-state index contributed by atoms with van der Waals surface area (Å²) in [4.78, 5) is 17.6. The molecule has 0 unspecified atom stereocenters. The minimum absolute atomic E-state index is 0.0570. The molecule has 0 saturated carbocycles. The van der Waals surface area contributed by atoms with E-state index in [1.54, 1.807) is 11.8 Å². The lowest BCUT2D eigenvalue weighted by molar-refractivity contribution is 0.475. The van der Waals surface area contributed by atoms with Gasteiger partial charge in [0.25, 0.3) is 5.56 Å². The SMILES string of the molecule is Cc1ccccc1CSc1nc2ccccc2c(=O)n1CC(C)C. The van der Waals surface area contributed by atoms with Crippen molar-refractivity contribution in [2.24, 2.45) is 5.92 Å². The molecule has 24 heavy (non-hydrogen) atoms. The van der Waals surface area contributed by atoms with Crippen molar-refractivity contribution in [3.05, 3.63) is 70.0 Å². The third-order valence-corrected chi connectivity index (χ3v) is 5.02. The summed E-state index contributed by atoms with van der Waals surface area (Å²) in [5, 5.41) is 1.49. The number of fused-ring (bicyclic) bond motifs is 1. The van der Waals surface area contributed by atoms with E-state index in [0.29, 0.717) is 17.8 Å². The molecule has 1 aromatic heterocycles. The Hall–Kier alpha value is -2.07. The van der Waals surface area contributed by atoms with E-state index in [1.165, 1.54) is 11.1 Å². The molecule has 3 aromatic rings. The van der Waals surface area contributed by atoms with Gasteiger partial charge in [0.2, 0.25) is 0 Å². The van der Waals surface area contributed by atoms with Crippen LogP contribution in [0.5, 0.6) is 0 Å². The van der Waals surface area contributed by atoms with Gasteiger partial charge in [0.05, 0.1) is 10.9 Å². The van der Waals surface area contributed by atoms with Gasteiger partial charge in [0.1, 0.15) is 0 Å². The number of hydrogen-bond acceptors (Lipinski definition) is 3. The van der Waals surface area contributed by atoms with E-state index in [4.69, 9.17) is 4.98 Å². The van der Waals surface area contributed by atoms with Gasteiger partial charge in [-0.1, -0.05) is 62.0 Å². The summed E-state index contributed by atoms with van der Waals surface area (Å²) < 4.78 is 1.83. The highest BCUT2D eigenvalue weighted by molar-refractivity contribution is 7.98. The minimum Gasteiger partial charge on any atom is -0.287 e. The van der Waals surface area contributed by atoms with Crippen LogP contribution in [0.1, 0.15) is 25.0 Å². The Balaban J connectivity index is 2.02. The van der Waals surface area contributed by atoms with Gasteiger partial charge in [-0.15, -0.1) is 0 Å². The fourth-order valence-corrected chi connectivity index (χ4v) is 3.78. The average Bonchev–Trinajstić information content (AvgIpc) is 2.57. The lowest BCUT2D eigenvalue weighted by atomic mass is 10.1. The molecule has 0 spiro atoms. The Bertz CT molecular complexity index is 915. The van der Waals surface area contributed by atoms with E-state index in [-0.39, 0.29) is 5.56 Å². The Morgan fingerprint density at radius 2 is 1.79 bits per heavy atom. The summed E-state index contributed by atoms with van der Waals surface area (Å²) in [5.41, 5.74) is 3.38. The molecule has 1 heterocycles. The van der Waals surface area contributed by atoms with Crippen molar-refractivity contribution < 1.29 is 0 Å². The molecule has 0 aliphatic rings. The standard InChI is InChI=1S/C20H22N2OS/c1-14(2)12-22-19(23)17-10-6-7-11-18(17)21-20(22)24-13-16-9-5-4-8-15(16)3/h4-11,14H,12-13H2,1-3H3. The number of para-hydroxylation sites is 1. The van der Waals surface area contributed by atoms with Crippen molar-refractivity contribution in [1.82, 2.24) is 9.55 Å². The van der Waals surface area contributed by atoms with Crippen LogP contribution in [0.2, 0.25) is 0 Å². The molecule has 0 bridgehead atoms. The number of rotatable bonds is 5. The summed E-state index contributed by atoms with van der Waals surface area (Å²) in [6.45, 7) is 7.05. The number of thioether (sulfide) groups is 1. The monoisotopic (exact) mass is 338 g/mol. The highest BCUT2D eigenvalue weighted by Gasteiger charge is 2.13. The molecule has 4 heteroatoms. The van der Waals surface area contributed by atoms with Crippen molar-refractivity contribution in [2.75, 3.05) is 0 Å². The van der Waals surface area contributed by atoms with Crippen LogP contribution >= 0.6 is 11.8 Å². The molecule has 0 aliphatic heterocycles. The van der Waals surface area contributed by atoms with E-state index in [2.05, 4.69) is 39.0 Å². The third-order valence-electron chi connectivity index (χ3n) is 3.99. The first kappa shape index (κ1) is 16.8. The van der Waals surface area contributed by atoms with Crippen molar-refractivity contribution >= 4 is 22.7 Å². The molecule has 2 aromatic carbocycles. The molecule has 0 aliphatic carbocycles. The van der Waals surface area contributed by atoms with Gasteiger partial charge >= 0.3 is 0 Å². The van der Waals surface area contributed by atoms with Crippen LogP contribution in [0.25, 0.3) is 10.9 Å². The normalized spacial score (nSPS) is 11.3. The van der Waals surface area contributed by atoms with Crippen molar-refractivity contribution in [3.8, 4) is 0 Å². The molecule has 3 nitrogen and oxygen atoms in total. The molecule has 0 radical (unpaired) electrons. The number of benzene rings is 2. The van der Waals surface area contributed by atoms with Crippen LogP contribution in [0, 0.1) is 12.8 Å². The largest absolute Gasteiger partial charge is 0.287 e. The Morgan fingerprint density at radius 1 is 1.08 bits per heavy atom. The van der Waals surface area contributed by atoms with Crippen LogP contribution in [0.3, 0.4) is 0 Å². The van der Waals surface area contributed by atoms with Crippen molar-refractivity contribution in [2.45, 2.75) is 38.2 Å². The third kappa shape index (κ3) is 3.54. The topological polar surface area (TPSA) is 34.9 Å². The second-order valence-corrected chi connectivity index (χ2v) is 7.38. The first-order valence-electron chi connectivity index (χ1n) is 8.23. The smallest absolute Gasteiger partial charge is 0.262 e. The predicted octanol–water partition coefficient (Wildman–Crippen LogP) is 4.65. The molecule has 0 N–H and O–H groups in total. The van der Waals surface area contributed by atoms with E-state index in [9.17, 15) is 4.79 Å². The highest BCUT2D eigenvalue weighted by Crippen LogP contribution is 2.24. The Kier molecular flexibility index (Phi) is 5.05. The number of aryl methyl sites for hydroxylation is 1. The van der Waals surface area contributed by atoms with E-state index >= 15 is 0 Å². The second-order valence-electron chi connectivity index (χ2n) is 6.44. The van der Waals surface area contributed by atoms with Gasteiger partial charge in [0, 0.05) is 12.3 Å². The molecule has 3 rings (SSSR count). The quantitative estimate of drug-likeness (QED) is 0.501. The zero-order valence-corrected chi connectivity index (χ0v) is 15.1. The highest BCUT2D eigenvalue weighted by atomic mass is 32.2. The lowest BCUT2D eigenvalue weighted by Gasteiger charge is -2.15. The van der Waals surface area contributed by atoms with Gasteiger partial charge < -0.3 is 0 Å². The summed E-state index contributed by atoms with van der Waals surface area (Å²) in [7, 11) is 0. The van der Waals surface area contributed by atoms with Crippen molar-refractivity contribution in [3.63, 3.8) is 0 Å². The predicted molar refractivity (Wildman–Crippen MR) is 102 cm³/mol. The lowest BCUT2D eigenvalue weighted by Crippen LogP contribution is -2.25. The Labute approximate surface area is 146 Å². The molecule has 0 saturated heterocycles. The van der Waals surface area contributed by atoms with Crippen LogP contribution in [-0.2, 0) is 12.3 Å². The molecular weight excluding hydrogens is 316 g/mol. The van der Waals surface area contributed by atoms with Crippen LogP contribution < -0.4 is 5.56 Å². The molecule has 124 valence electrons. The average molecular weight is 338 g/mol. The maximum absolute atomic E-state index is 12.9. The number of nitrogens with zero attached hydrogens (tertiary/aromatic N) is 2. The maximum Gasteiger partial charge on any atom is 0.262 e. The second kappa shape index (κ2) is 7.22. The van der Waals surface area contributed by atoms with Crippen LogP contribution in [-0.4, -0.2) is 9.55 Å². The van der Waals surface area contributed by atoms with Gasteiger partial charge in [-0.2, -0.15) is 0 Å². The fourth-order valence-electron chi connectivity index (χ4n) is 2.70. The van der Waals surface area contributed by atoms with Gasteiger partial charge in [-0.25, -0.2) is 4.98 Å². The molecule has 0 fully saturated rings. The summed E-state index contributed by atoms with van der Waals surface area (Å²) in [6, 6.07) is 15.9. The maximum atomic E-state index is 12.9. The minimum atomic E-state index is 0.0570. The fraction of sp³-hybridized carbons (Fsp3) is 0.300. The van der Waals surface area contributed by atoms with Crippen LogP contribution in [0.4, 0.5) is 0 Å². The molecule has 0 atom stereocenters. The van der Waals surface area contributed by atoms with Crippen molar-refractivity contribution in [1.29, 1.82) is 0 Å². The zero-order chi connectivity index (χ0) is 17.1. The summed E-state index contributed by atoms with van der Waals surface area (Å²) in [6.07, 6.45) is 0. The first-order valence-corrected chi connectivity index (χ1v) is 9.21. The van der Waals surface area contributed by atoms with Crippen LogP contribution in [0.15, 0.2) is 58.5 Å². The molecular formula is C20H22N2OS. The number of aromatic nitrogens is 2. The van der Waals surface area contributed by atoms with Gasteiger partial charge in [-0.3, -0.25) is 9.36 Å². The summed E-state index contributed by atoms with van der Waals surface area (Å²) in [5.74, 6) is 1.21. The van der Waals surface area contributed by atoms with E-state index in [1.807, 2.05) is 34.9 Å². The van der Waals surface area contributed by atoms with E-state index in [0.717, 1.165) is 16.4 Å². The molecule has 0 amide bonds. The zero-order valence-electron chi connectivity index (χ0n) is 14.3. The van der Waals surface area contributed by atoms with E-state index < -0.39 is 0 Å². The first-order chi connectivity index (χ1) is 11.6. The van der Waals surface area contributed by atoms with Gasteiger partial charge in [0.15, 0.2) is 5.16 Å². The summed E-state index contributed by atoms with van der Waals surface area (Å²) >= 11 is 1.64.